The fourth-order valence-electron chi connectivity index (χ4n) is 2.01. The molecule has 2 heterocycles. The number of nitriles is 1. The lowest BCUT2D eigenvalue weighted by Gasteiger charge is -2.44. The standard InChI is InChI=1S/C14H16FN3O2/c1-13(2,3)20-12(19)18-8-14(7-16,9-18)11-5-4-10(15)6-17-11/h4-6H,8-9H2,1-3H3. The third kappa shape index (κ3) is 2.72. The second kappa shape index (κ2) is 4.75. The van der Waals surface area contributed by atoms with E-state index in [4.69, 9.17) is 4.74 Å². The van der Waals surface area contributed by atoms with E-state index in [1.54, 1.807) is 20.8 Å². The first-order chi connectivity index (χ1) is 9.26. The predicted octanol–water partition coefficient (Wildman–Crippen LogP) is 2.23. The Bertz CT molecular complexity index is 551. The van der Waals surface area contributed by atoms with Crippen LogP contribution >= 0.6 is 0 Å². The number of nitrogens with zero attached hydrogens (tertiary/aromatic N) is 3. The number of ether oxygens (including phenoxy) is 1. The first-order valence-electron chi connectivity index (χ1n) is 6.27. The summed E-state index contributed by atoms with van der Waals surface area (Å²) in [6.07, 6.45) is 0.621. The van der Waals surface area contributed by atoms with Crippen molar-refractivity contribution in [3.63, 3.8) is 0 Å². The molecule has 6 heteroatoms. The van der Waals surface area contributed by atoms with Crippen LogP contribution in [0, 0.1) is 17.1 Å². The highest BCUT2D eigenvalue weighted by Crippen LogP contribution is 2.33. The van der Waals surface area contributed by atoms with Crippen molar-refractivity contribution in [3.8, 4) is 6.07 Å². The first kappa shape index (κ1) is 14.3. The average molecular weight is 277 g/mol. The van der Waals surface area contributed by atoms with Gasteiger partial charge in [0.2, 0.25) is 0 Å². The molecule has 0 radical (unpaired) electrons. The van der Waals surface area contributed by atoms with Gasteiger partial charge in [0.05, 0.1) is 31.0 Å². The second-order valence-corrected chi connectivity index (χ2v) is 5.89. The lowest BCUT2D eigenvalue weighted by Crippen LogP contribution is -2.61. The summed E-state index contributed by atoms with van der Waals surface area (Å²) in [6.45, 7) is 5.76. The Labute approximate surface area is 117 Å². The van der Waals surface area contributed by atoms with Crippen LogP contribution in [0.2, 0.25) is 0 Å². The summed E-state index contributed by atoms with van der Waals surface area (Å²) in [6, 6.07) is 4.90. The van der Waals surface area contributed by atoms with Crippen molar-refractivity contribution >= 4 is 6.09 Å². The Morgan fingerprint density at radius 1 is 1.50 bits per heavy atom. The third-order valence-electron chi connectivity index (χ3n) is 3.00. The number of hydrogen-bond donors (Lipinski definition) is 0. The van der Waals surface area contributed by atoms with Crippen LogP contribution in [0.3, 0.4) is 0 Å². The molecule has 5 nitrogen and oxygen atoms in total. The van der Waals surface area contributed by atoms with E-state index in [0.717, 1.165) is 6.20 Å². The van der Waals surface area contributed by atoms with Gasteiger partial charge >= 0.3 is 6.09 Å². The molecular weight excluding hydrogens is 261 g/mol. The van der Waals surface area contributed by atoms with Crippen LogP contribution in [0.25, 0.3) is 0 Å². The van der Waals surface area contributed by atoms with E-state index in [-0.39, 0.29) is 13.1 Å². The van der Waals surface area contributed by atoms with Gasteiger partial charge < -0.3 is 9.64 Å². The predicted molar refractivity (Wildman–Crippen MR) is 69.3 cm³/mol. The van der Waals surface area contributed by atoms with Crippen molar-refractivity contribution in [2.24, 2.45) is 0 Å². The van der Waals surface area contributed by atoms with Crippen molar-refractivity contribution in [1.82, 2.24) is 9.88 Å². The molecule has 2 rings (SSSR count). The molecule has 0 bridgehead atoms. The number of amides is 1. The van der Waals surface area contributed by atoms with Crippen LogP contribution in [-0.2, 0) is 10.2 Å². The van der Waals surface area contributed by atoms with Crippen LogP contribution in [0.1, 0.15) is 26.5 Å². The number of pyridine rings is 1. The zero-order valence-electron chi connectivity index (χ0n) is 11.7. The summed E-state index contributed by atoms with van der Waals surface area (Å²) in [7, 11) is 0. The van der Waals surface area contributed by atoms with Crippen molar-refractivity contribution in [2.75, 3.05) is 13.1 Å². The lowest BCUT2D eigenvalue weighted by atomic mass is 9.78. The topological polar surface area (TPSA) is 66.2 Å². The van der Waals surface area contributed by atoms with Crippen molar-refractivity contribution in [2.45, 2.75) is 31.8 Å². The highest BCUT2D eigenvalue weighted by Gasteiger charge is 2.49. The zero-order chi connectivity index (χ0) is 15.0. The van der Waals surface area contributed by atoms with E-state index >= 15 is 0 Å². The highest BCUT2D eigenvalue weighted by atomic mass is 19.1. The quantitative estimate of drug-likeness (QED) is 0.789. The fourth-order valence-corrected chi connectivity index (χ4v) is 2.01. The van der Waals surface area contributed by atoms with E-state index in [1.165, 1.54) is 17.0 Å². The molecule has 0 atom stereocenters. The molecular formula is C14H16FN3O2. The molecule has 1 aliphatic rings. The number of halogens is 1. The second-order valence-electron chi connectivity index (χ2n) is 5.89. The molecule has 20 heavy (non-hydrogen) atoms. The molecule has 1 aromatic rings. The van der Waals surface area contributed by atoms with Gasteiger partial charge in [-0.25, -0.2) is 9.18 Å². The third-order valence-corrected chi connectivity index (χ3v) is 3.00. The van der Waals surface area contributed by atoms with E-state index in [2.05, 4.69) is 11.1 Å². The van der Waals surface area contributed by atoms with Crippen LogP contribution in [0.15, 0.2) is 18.3 Å². The van der Waals surface area contributed by atoms with Gasteiger partial charge in [-0.15, -0.1) is 0 Å². The average Bonchev–Trinajstić information content (AvgIpc) is 2.28. The van der Waals surface area contributed by atoms with Crippen LogP contribution < -0.4 is 0 Å². The van der Waals surface area contributed by atoms with Gasteiger partial charge in [0, 0.05) is 0 Å². The van der Waals surface area contributed by atoms with Crippen molar-refractivity contribution < 1.29 is 13.9 Å². The minimum Gasteiger partial charge on any atom is -0.444 e. The van der Waals surface area contributed by atoms with Gasteiger partial charge in [-0.2, -0.15) is 5.26 Å². The smallest absolute Gasteiger partial charge is 0.410 e. The molecule has 1 saturated heterocycles. The maximum absolute atomic E-state index is 12.9. The molecule has 106 valence electrons. The van der Waals surface area contributed by atoms with E-state index in [0.29, 0.717) is 5.69 Å². The molecule has 1 fully saturated rings. The zero-order valence-corrected chi connectivity index (χ0v) is 11.7. The van der Waals surface area contributed by atoms with Gasteiger partial charge in [0.15, 0.2) is 0 Å². The fraction of sp³-hybridized carbons (Fsp3) is 0.500. The molecule has 0 unspecified atom stereocenters. The lowest BCUT2D eigenvalue weighted by molar-refractivity contribution is -0.00101. The molecule has 0 aliphatic carbocycles. The summed E-state index contributed by atoms with van der Waals surface area (Å²) in [4.78, 5) is 17.2. The summed E-state index contributed by atoms with van der Waals surface area (Å²) >= 11 is 0. The Hall–Kier alpha value is -2.16. The van der Waals surface area contributed by atoms with Gasteiger partial charge in [0.25, 0.3) is 0 Å². The molecule has 1 aromatic heterocycles. The number of carbonyl (C=O) groups is 1. The molecule has 1 aliphatic heterocycles. The number of aromatic nitrogens is 1. The Morgan fingerprint density at radius 2 is 2.15 bits per heavy atom. The van der Waals surface area contributed by atoms with Crippen LogP contribution in [-0.4, -0.2) is 34.7 Å². The number of rotatable bonds is 1. The summed E-state index contributed by atoms with van der Waals surface area (Å²) < 4.78 is 18.1. The molecule has 1 amide bonds. The minimum atomic E-state index is -0.870. The normalized spacial score (nSPS) is 17.1. The van der Waals surface area contributed by atoms with Crippen LogP contribution in [0.4, 0.5) is 9.18 Å². The van der Waals surface area contributed by atoms with Crippen molar-refractivity contribution in [1.29, 1.82) is 5.26 Å². The maximum Gasteiger partial charge on any atom is 0.410 e. The van der Waals surface area contributed by atoms with Crippen molar-refractivity contribution in [3.05, 3.63) is 29.8 Å². The Balaban J connectivity index is 2.07. The first-order valence-corrected chi connectivity index (χ1v) is 6.27. The molecule has 0 N–H and O–H groups in total. The van der Waals surface area contributed by atoms with Crippen LogP contribution in [0.5, 0.6) is 0 Å². The summed E-state index contributed by atoms with van der Waals surface area (Å²) in [5.74, 6) is -0.454. The van der Waals surface area contributed by atoms with Gasteiger partial charge in [-0.05, 0) is 32.9 Å². The van der Waals surface area contributed by atoms with E-state index < -0.39 is 22.9 Å². The number of hydrogen-bond acceptors (Lipinski definition) is 4. The SMILES string of the molecule is CC(C)(C)OC(=O)N1CC(C#N)(c2ccc(F)cn2)C1. The van der Waals surface area contributed by atoms with Gasteiger partial charge in [-0.1, -0.05) is 0 Å². The monoisotopic (exact) mass is 277 g/mol. The highest BCUT2D eigenvalue weighted by molar-refractivity contribution is 5.70. The number of carbonyl (C=O) groups excluding carboxylic acids is 1. The summed E-state index contributed by atoms with van der Waals surface area (Å²) in [5.41, 5.74) is -0.970. The molecule has 0 saturated carbocycles. The summed E-state index contributed by atoms with van der Waals surface area (Å²) in [5, 5.41) is 9.33. The largest absolute Gasteiger partial charge is 0.444 e. The molecule has 0 aromatic carbocycles. The van der Waals surface area contributed by atoms with E-state index in [9.17, 15) is 14.4 Å². The van der Waals surface area contributed by atoms with Gasteiger partial charge in [0.1, 0.15) is 16.8 Å². The number of likely N-dealkylation sites (tertiary alicyclic amines) is 1. The van der Waals surface area contributed by atoms with Gasteiger partial charge in [-0.3, -0.25) is 4.98 Å². The molecule has 0 spiro atoms. The maximum atomic E-state index is 12.9. The minimum absolute atomic E-state index is 0.205. The van der Waals surface area contributed by atoms with E-state index in [1.807, 2.05) is 0 Å². The Kier molecular flexibility index (Phi) is 3.38. The Morgan fingerprint density at radius 3 is 2.60 bits per heavy atom.